The van der Waals surface area contributed by atoms with Crippen molar-refractivity contribution in [1.29, 1.82) is 5.26 Å². The molecule has 3 rings (SSSR count). The molecule has 1 heterocycles. The highest BCUT2D eigenvalue weighted by Crippen LogP contribution is 2.30. The van der Waals surface area contributed by atoms with E-state index < -0.39 is 11.9 Å². The number of rotatable bonds is 6. The van der Waals surface area contributed by atoms with E-state index in [1.54, 1.807) is 18.2 Å². The Hall–Kier alpha value is -4.32. The average Bonchev–Trinajstić information content (AvgIpc) is 3.10. The highest BCUT2D eigenvalue weighted by atomic mass is 16.5. The number of nitrogens with zero attached hydrogens (tertiary/aromatic N) is 3. The number of aromatic nitrogens is 2. The molecule has 0 unspecified atom stereocenters. The van der Waals surface area contributed by atoms with Crippen molar-refractivity contribution < 1.29 is 14.3 Å². The Bertz CT molecular complexity index is 1070. The van der Waals surface area contributed by atoms with Crippen LogP contribution < -0.4 is 21.5 Å². The van der Waals surface area contributed by atoms with E-state index >= 15 is 0 Å². The Labute approximate surface area is 160 Å². The van der Waals surface area contributed by atoms with Crippen molar-refractivity contribution in [2.45, 2.75) is 0 Å². The summed E-state index contributed by atoms with van der Waals surface area (Å²) in [4.78, 5) is 22.6. The lowest BCUT2D eigenvalue weighted by atomic mass is 10.0. The number of nitriles is 1. The van der Waals surface area contributed by atoms with Crippen LogP contribution in [0.15, 0.2) is 54.7 Å². The minimum atomic E-state index is -0.827. The maximum absolute atomic E-state index is 11.5. The van der Waals surface area contributed by atoms with E-state index in [9.17, 15) is 9.59 Å². The molecule has 9 nitrogen and oxygen atoms in total. The van der Waals surface area contributed by atoms with E-state index in [4.69, 9.17) is 21.5 Å². The predicted molar refractivity (Wildman–Crippen MR) is 102 cm³/mol. The van der Waals surface area contributed by atoms with Crippen LogP contribution in [0.25, 0.3) is 16.8 Å². The molecule has 0 aliphatic rings. The minimum Gasteiger partial charge on any atom is -0.478 e. The van der Waals surface area contributed by atoms with Gasteiger partial charge in [0.05, 0.1) is 17.6 Å². The second-order valence-corrected chi connectivity index (χ2v) is 5.68. The van der Waals surface area contributed by atoms with Gasteiger partial charge in [-0.05, 0) is 23.8 Å². The molecule has 0 aliphatic carbocycles. The summed E-state index contributed by atoms with van der Waals surface area (Å²) >= 11 is 0. The van der Waals surface area contributed by atoms with Crippen LogP contribution in [0.2, 0.25) is 0 Å². The first-order valence-corrected chi connectivity index (χ1v) is 8.15. The largest absolute Gasteiger partial charge is 0.478 e. The van der Waals surface area contributed by atoms with Gasteiger partial charge in [-0.2, -0.15) is 10.4 Å². The second-order valence-electron chi connectivity index (χ2n) is 5.68. The number of carbonyl (C=O) groups excluding carboxylic acids is 2. The summed E-state index contributed by atoms with van der Waals surface area (Å²) in [5.74, 6) is -0.192. The highest BCUT2D eigenvalue weighted by molar-refractivity contribution is 6.00. The number of para-hydroxylation sites is 1. The van der Waals surface area contributed by atoms with Gasteiger partial charge in [-0.3, -0.25) is 4.79 Å². The number of primary amides is 2. The zero-order chi connectivity index (χ0) is 20.1. The molecule has 0 spiro atoms. The van der Waals surface area contributed by atoms with Gasteiger partial charge >= 0.3 is 6.03 Å². The third kappa shape index (κ3) is 3.91. The van der Waals surface area contributed by atoms with Crippen molar-refractivity contribution in [3.05, 3.63) is 60.4 Å². The Balaban J connectivity index is 1.93. The highest BCUT2D eigenvalue weighted by Gasteiger charge is 2.16. The molecule has 140 valence electrons. The fraction of sp³-hybridized carbons (Fsp3) is 0.0526. The molecule has 5 N–H and O–H groups in total. The SMILES string of the molecule is N#CCOc1ccccc1-c1ccc(-n2cc(NC(N)=O)c(C(N)=O)n2)cc1. The van der Waals surface area contributed by atoms with Crippen molar-refractivity contribution in [3.63, 3.8) is 0 Å². The molecule has 9 heteroatoms. The average molecular weight is 376 g/mol. The number of anilines is 1. The number of hydrogen-bond acceptors (Lipinski definition) is 5. The molecule has 0 aliphatic heterocycles. The van der Waals surface area contributed by atoms with Gasteiger partial charge in [-0.1, -0.05) is 30.3 Å². The summed E-state index contributed by atoms with van der Waals surface area (Å²) in [6, 6.07) is 15.7. The van der Waals surface area contributed by atoms with E-state index in [2.05, 4.69) is 10.4 Å². The number of benzene rings is 2. The van der Waals surface area contributed by atoms with Gasteiger partial charge in [0.25, 0.3) is 5.91 Å². The molecule has 0 bridgehead atoms. The van der Waals surface area contributed by atoms with Crippen LogP contribution in [0.4, 0.5) is 10.5 Å². The number of urea groups is 1. The van der Waals surface area contributed by atoms with E-state index in [1.807, 2.05) is 36.4 Å². The molecule has 3 amide bonds. The molecule has 28 heavy (non-hydrogen) atoms. The van der Waals surface area contributed by atoms with Gasteiger partial charge < -0.3 is 21.5 Å². The first-order valence-electron chi connectivity index (χ1n) is 8.15. The van der Waals surface area contributed by atoms with Gasteiger partial charge in [-0.25, -0.2) is 9.48 Å². The zero-order valence-electron chi connectivity index (χ0n) is 14.6. The van der Waals surface area contributed by atoms with Crippen molar-refractivity contribution in [1.82, 2.24) is 9.78 Å². The Morgan fingerprint density at radius 3 is 2.50 bits per heavy atom. The summed E-state index contributed by atoms with van der Waals surface area (Å²) in [6.07, 6.45) is 1.45. The number of carbonyl (C=O) groups is 2. The van der Waals surface area contributed by atoms with E-state index in [0.29, 0.717) is 11.4 Å². The topological polar surface area (TPSA) is 149 Å². The summed E-state index contributed by atoms with van der Waals surface area (Å²) in [5.41, 5.74) is 12.8. The number of hydrogen-bond donors (Lipinski definition) is 3. The van der Waals surface area contributed by atoms with E-state index in [-0.39, 0.29) is 18.0 Å². The number of nitrogens with two attached hydrogens (primary N) is 2. The number of nitrogens with one attached hydrogen (secondary N) is 1. The molecule has 3 aromatic rings. The van der Waals surface area contributed by atoms with E-state index in [0.717, 1.165) is 11.1 Å². The predicted octanol–water partition coefficient (Wildman–Crippen LogP) is 2.03. The van der Waals surface area contributed by atoms with Crippen LogP contribution in [0, 0.1) is 11.3 Å². The molecule has 0 radical (unpaired) electrons. The van der Waals surface area contributed by atoms with Crippen LogP contribution in [-0.4, -0.2) is 28.3 Å². The maximum Gasteiger partial charge on any atom is 0.316 e. The van der Waals surface area contributed by atoms with Crippen LogP contribution >= 0.6 is 0 Å². The van der Waals surface area contributed by atoms with Crippen LogP contribution in [0.3, 0.4) is 0 Å². The summed E-state index contributed by atoms with van der Waals surface area (Å²) in [7, 11) is 0. The van der Waals surface area contributed by atoms with Crippen LogP contribution in [-0.2, 0) is 0 Å². The standard InChI is InChI=1S/C19H16N6O3/c20-9-10-28-16-4-2-1-3-14(16)12-5-7-13(8-6-12)25-11-15(23-19(22)27)17(24-25)18(21)26/h1-8,11H,10H2,(H2,21,26)(H3,22,23,27). The third-order valence-corrected chi connectivity index (χ3v) is 3.83. The maximum atomic E-state index is 11.5. The molecule has 2 aromatic carbocycles. The van der Waals surface area contributed by atoms with Crippen LogP contribution in [0.5, 0.6) is 5.75 Å². The van der Waals surface area contributed by atoms with Crippen molar-refractivity contribution in [2.75, 3.05) is 11.9 Å². The smallest absolute Gasteiger partial charge is 0.316 e. The summed E-state index contributed by atoms with van der Waals surface area (Å²) in [6.45, 7) is -0.0477. The normalized spacial score (nSPS) is 10.1. The molecule has 0 fully saturated rings. The molecule has 0 atom stereocenters. The van der Waals surface area contributed by atoms with Crippen molar-refractivity contribution in [2.24, 2.45) is 11.5 Å². The van der Waals surface area contributed by atoms with Gasteiger partial charge in [0, 0.05) is 5.56 Å². The fourth-order valence-corrected chi connectivity index (χ4v) is 2.65. The lowest BCUT2D eigenvalue weighted by Crippen LogP contribution is -2.22. The van der Waals surface area contributed by atoms with Gasteiger partial charge in [-0.15, -0.1) is 0 Å². The first-order chi connectivity index (χ1) is 13.5. The number of amides is 3. The molecule has 0 saturated heterocycles. The van der Waals surface area contributed by atoms with Crippen molar-refractivity contribution in [3.8, 4) is 28.6 Å². The quantitative estimate of drug-likeness (QED) is 0.602. The second kappa shape index (κ2) is 7.92. The van der Waals surface area contributed by atoms with E-state index in [1.165, 1.54) is 10.9 Å². The monoisotopic (exact) mass is 376 g/mol. The summed E-state index contributed by atoms with van der Waals surface area (Å²) in [5, 5.41) is 15.1. The Morgan fingerprint density at radius 1 is 1.14 bits per heavy atom. The molecular weight excluding hydrogens is 360 g/mol. The fourth-order valence-electron chi connectivity index (χ4n) is 2.65. The Morgan fingerprint density at radius 2 is 1.86 bits per heavy atom. The van der Waals surface area contributed by atoms with Crippen molar-refractivity contribution >= 4 is 17.6 Å². The summed E-state index contributed by atoms with van der Waals surface area (Å²) < 4.78 is 6.87. The molecule has 1 aromatic heterocycles. The lowest BCUT2D eigenvalue weighted by Gasteiger charge is -2.10. The molecule has 0 saturated carbocycles. The van der Waals surface area contributed by atoms with Gasteiger partial charge in [0.1, 0.15) is 11.8 Å². The van der Waals surface area contributed by atoms with Gasteiger partial charge in [0.2, 0.25) is 0 Å². The minimum absolute atomic E-state index is 0.0477. The van der Waals surface area contributed by atoms with Crippen LogP contribution in [0.1, 0.15) is 10.5 Å². The molecular formula is C19H16N6O3. The lowest BCUT2D eigenvalue weighted by molar-refractivity contribution is 0.0996. The van der Waals surface area contributed by atoms with Gasteiger partial charge in [0.15, 0.2) is 12.3 Å². The number of ether oxygens (including phenoxy) is 1. The first kappa shape index (κ1) is 18.5. The zero-order valence-corrected chi connectivity index (χ0v) is 14.6. The Kier molecular flexibility index (Phi) is 5.23. The third-order valence-electron chi connectivity index (χ3n) is 3.83.